The van der Waals surface area contributed by atoms with Crippen LogP contribution in [0.2, 0.25) is 0 Å². The normalized spacial score (nSPS) is 11.3. The Morgan fingerprint density at radius 3 is 2.50 bits per heavy atom. The third kappa shape index (κ3) is 4.08. The van der Waals surface area contributed by atoms with Crippen molar-refractivity contribution in [1.82, 2.24) is 20.1 Å². The van der Waals surface area contributed by atoms with Gasteiger partial charge >= 0.3 is 6.18 Å². The number of aromatic nitrogens is 3. The predicted molar refractivity (Wildman–Crippen MR) is 95.0 cm³/mol. The second-order valence-electron chi connectivity index (χ2n) is 5.96. The van der Waals surface area contributed by atoms with E-state index in [1.807, 2.05) is 0 Å². The second kappa shape index (κ2) is 7.63. The van der Waals surface area contributed by atoms with Gasteiger partial charge in [-0.3, -0.25) is 14.6 Å². The molecule has 0 bridgehead atoms. The molecule has 2 aromatic heterocycles. The van der Waals surface area contributed by atoms with Crippen molar-refractivity contribution in [2.75, 3.05) is 0 Å². The summed E-state index contributed by atoms with van der Waals surface area (Å²) in [7, 11) is 0. The van der Waals surface area contributed by atoms with Crippen LogP contribution >= 0.6 is 0 Å². The first-order chi connectivity index (χ1) is 13.3. The molecule has 144 valence electrons. The van der Waals surface area contributed by atoms with Crippen molar-refractivity contribution in [2.24, 2.45) is 0 Å². The minimum absolute atomic E-state index is 0.121. The minimum Gasteiger partial charge on any atom is -0.346 e. The van der Waals surface area contributed by atoms with Gasteiger partial charge in [0, 0.05) is 30.7 Å². The summed E-state index contributed by atoms with van der Waals surface area (Å²) in [4.78, 5) is 28.4. The highest BCUT2D eigenvalue weighted by Crippen LogP contribution is 2.33. The molecular formula is C19H15F3N4O2. The Kier molecular flexibility index (Phi) is 5.25. The van der Waals surface area contributed by atoms with E-state index in [-0.39, 0.29) is 17.9 Å². The summed E-state index contributed by atoms with van der Waals surface area (Å²) in [5.74, 6) is -0.778. The van der Waals surface area contributed by atoms with Crippen LogP contribution in [-0.4, -0.2) is 20.7 Å². The number of pyridine rings is 1. The maximum atomic E-state index is 13.3. The van der Waals surface area contributed by atoms with Crippen molar-refractivity contribution in [2.45, 2.75) is 19.6 Å². The molecule has 9 heteroatoms. The number of rotatable bonds is 4. The molecule has 0 saturated carbocycles. The molecule has 6 nitrogen and oxygen atoms in total. The lowest BCUT2D eigenvalue weighted by Crippen LogP contribution is -2.32. The SMILES string of the molecule is Cc1cc(=O)c(C(=O)NCc2ccncc2)nn1-c1ccccc1C(F)(F)F. The fourth-order valence-electron chi connectivity index (χ4n) is 2.61. The van der Waals surface area contributed by atoms with E-state index in [1.54, 1.807) is 24.5 Å². The fourth-order valence-corrected chi connectivity index (χ4v) is 2.61. The van der Waals surface area contributed by atoms with Crippen molar-refractivity contribution >= 4 is 5.91 Å². The van der Waals surface area contributed by atoms with Gasteiger partial charge in [-0.1, -0.05) is 12.1 Å². The number of carbonyl (C=O) groups is 1. The zero-order valence-corrected chi connectivity index (χ0v) is 14.7. The fraction of sp³-hybridized carbons (Fsp3) is 0.158. The molecule has 0 unspecified atom stereocenters. The van der Waals surface area contributed by atoms with Gasteiger partial charge in [0.15, 0.2) is 5.69 Å². The summed E-state index contributed by atoms with van der Waals surface area (Å²) in [5, 5.41) is 6.44. The first kappa shape index (κ1) is 19.3. The van der Waals surface area contributed by atoms with Crippen LogP contribution in [-0.2, 0) is 12.7 Å². The van der Waals surface area contributed by atoms with Gasteiger partial charge in [-0.2, -0.15) is 18.3 Å². The summed E-state index contributed by atoms with van der Waals surface area (Å²) in [6.45, 7) is 1.57. The minimum atomic E-state index is -4.61. The molecule has 1 N–H and O–H groups in total. The highest BCUT2D eigenvalue weighted by atomic mass is 19.4. The predicted octanol–water partition coefficient (Wildman–Crippen LogP) is 2.88. The van der Waals surface area contributed by atoms with Gasteiger partial charge in [-0.15, -0.1) is 0 Å². The molecule has 2 heterocycles. The number of para-hydroxylation sites is 1. The van der Waals surface area contributed by atoms with E-state index in [2.05, 4.69) is 15.4 Å². The maximum Gasteiger partial charge on any atom is 0.418 e. The Labute approximate surface area is 157 Å². The van der Waals surface area contributed by atoms with Crippen LogP contribution in [0.25, 0.3) is 5.69 Å². The highest BCUT2D eigenvalue weighted by Gasteiger charge is 2.34. The Morgan fingerprint density at radius 2 is 1.82 bits per heavy atom. The van der Waals surface area contributed by atoms with E-state index in [0.29, 0.717) is 0 Å². The topological polar surface area (TPSA) is 76.9 Å². The van der Waals surface area contributed by atoms with E-state index in [9.17, 15) is 22.8 Å². The lowest BCUT2D eigenvalue weighted by Gasteiger charge is -2.16. The van der Waals surface area contributed by atoms with Crippen molar-refractivity contribution < 1.29 is 18.0 Å². The monoisotopic (exact) mass is 388 g/mol. The van der Waals surface area contributed by atoms with Crippen LogP contribution in [0.5, 0.6) is 0 Å². The number of hydrogen-bond donors (Lipinski definition) is 1. The number of nitrogens with zero attached hydrogens (tertiary/aromatic N) is 3. The summed E-state index contributed by atoms with van der Waals surface area (Å²) in [5.41, 5.74) is -1.43. The molecule has 3 aromatic rings. The molecule has 3 rings (SSSR count). The third-order valence-corrected chi connectivity index (χ3v) is 3.96. The van der Waals surface area contributed by atoms with E-state index >= 15 is 0 Å². The summed E-state index contributed by atoms with van der Waals surface area (Å²) in [6.07, 6.45) is -1.52. The van der Waals surface area contributed by atoms with Gasteiger partial charge < -0.3 is 5.32 Å². The quantitative estimate of drug-likeness (QED) is 0.746. The molecule has 28 heavy (non-hydrogen) atoms. The number of hydrogen-bond acceptors (Lipinski definition) is 4. The molecule has 0 radical (unpaired) electrons. The van der Waals surface area contributed by atoms with Gasteiger partial charge in [-0.05, 0) is 36.8 Å². The second-order valence-corrected chi connectivity index (χ2v) is 5.96. The number of halogens is 3. The molecule has 0 spiro atoms. The van der Waals surface area contributed by atoms with Gasteiger partial charge in [0.1, 0.15) is 0 Å². The lowest BCUT2D eigenvalue weighted by atomic mass is 10.1. The van der Waals surface area contributed by atoms with E-state index in [4.69, 9.17) is 0 Å². The summed E-state index contributed by atoms with van der Waals surface area (Å²) >= 11 is 0. The molecule has 1 amide bonds. The smallest absolute Gasteiger partial charge is 0.346 e. The first-order valence-electron chi connectivity index (χ1n) is 8.22. The number of nitrogens with one attached hydrogen (secondary N) is 1. The Bertz CT molecular complexity index is 1060. The van der Waals surface area contributed by atoms with Gasteiger partial charge in [-0.25, -0.2) is 4.68 Å². The molecular weight excluding hydrogens is 373 g/mol. The average molecular weight is 388 g/mol. The molecule has 0 aliphatic carbocycles. The zero-order chi connectivity index (χ0) is 20.3. The van der Waals surface area contributed by atoms with Gasteiger partial charge in [0.25, 0.3) is 5.91 Å². The number of carbonyl (C=O) groups excluding carboxylic acids is 1. The number of alkyl halides is 3. The molecule has 0 aliphatic rings. The Morgan fingerprint density at radius 1 is 1.14 bits per heavy atom. The maximum absolute atomic E-state index is 13.3. The lowest BCUT2D eigenvalue weighted by molar-refractivity contribution is -0.137. The van der Waals surface area contributed by atoms with Gasteiger partial charge in [0.05, 0.1) is 11.3 Å². The first-order valence-corrected chi connectivity index (χ1v) is 8.22. The summed E-state index contributed by atoms with van der Waals surface area (Å²) < 4.78 is 40.9. The van der Waals surface area contributed by atoms with Crippen LogP contribution in [0.4, 0.5) is 13.2 Å². The molecule has 0 fully saturated rings. The Balaban J connectivity index is 1.98. The largest absolute Gasteiger partial charge is 0.418 e. The van der Waals surface area contributed by atoms with Crippen molar-refractivity contribution in [1.29, 1.82) is 0 Å². The number of benzene rings is 1. The standard InChI is InChI=1S/C19H15F3N4O2/c1-12-10-16(27)17(18(28)24-11-13-6-8-23-9-7-13)25-26(12)15-5-3-2-4-14(15)19(20,21)22/h2-10H,11H2,1H3,(H,24,28). The molecule has 0 saturated heterocycles. The van der Waals surface area contributed by atoms with Crippen LogP contribution in [0.3, 0.4) is 0 Å². The van der Waals surface area contributed by atoms with E-state index in [1.165, 1.54) is 25.1 Å². The van der Waals surface area contributed by atoms with Crippen molar-refractivity contribution in [3.05, 3.63) is 87.6 Å². The number of aryl methyl sites for hydroxylation is 1. The zero-order valence-electron chi connectivity index (χ0n) is 14.7. The molecule has 0 atom stereocenters. The van der Waals surface area contributed by atoms with Gasteiger partial charge in [0.2, 0.25) is 5.43 Å². The average Bonchev–Trinajstić information content (AvgIpc) is 2.66. The molecule has 0 aliphatic heterocycles. The van der Waals surface area contributed by atoms with Crippen LogP contribution in [0.15, 0.2) is 59.7 Å². The van der Waals surface area contributed by atoms with E-state index < -0.39 is 28.8 Å². The van der Waals surface area contributed by atoms with Crippen LogP contribution in [0.1, 0.15) is 27.3 Å². The highest BCUT2D eigenvalue weighted by molar-refractivity contribution is 5.92. The van der Waals surface area contributed by atoms with Crippen LogP contribution < -0.4 is 10.7 Å². The third-order valence-electron chi connectivity index (χ3n) is 3.96. The van der Waals surface area contributed by atoms with Crippen molar-refractivity contribution in [3.63, 3.8) is 0 Å². The summed E-state index contributed by atoms with van der Waals surface area (Å²) in [6, 6.07) is 9.27. The Hall–Kier alpha value is -3.49. The van der Waals surface area contributed by atoms with Crippen LogP contribution in [0, 0.1) is 6.92 Å². The van der Waals surface area contributed by atoms with E-state index in [0.717, 1.165) is 22.4 Å². The van der Waals surface area contributed by atoms with Crippen molar-refractivity contribution in [3.8, 4) is 5.69 Å². The number of amides is 1. The molecule has 1 aromatic carbocycles.